The lowest BCUT2D eigenvalue weighted by Crippen LogP contribution is -2.33. The van der Waals surface area contributed by atoms with Gasteiger partial charge in [0, 0.05) is 25.1 Å². The number of carboxylic acids is 1. The minimum absolute atomic E-state index is 0.0301. The Morgan fingerprint density at radius 2 is 2.06 bits per heavy atom. The van der Waals surface area contributed by atoms with Gasteiger partial charge in [-0.15, -0.1) is 0 Å². The van der Waals surface area contributed by atoms with E-state index in [1.54, 1.807) is 0 Å². The highest BCUT2D eigenvalue weighted by Crippen LogP contribution is 2.10. The van der Waals surface area contributed by atoms with E-state index < -0.39 is 11.9 Å². The fraction of sp³-hybridized carbons (Fsp3) is 0.545. The largest absolute Gasteiger partial charge is 0.478 e. The topological polar surface area (TPSA) is 83.9 Å². The quantitative estimate of drug-likeness (QED) is 0.573. The molecule has 0 aromatic heterocycles. The number of carbonyl (C=O) groups excluding carboxylic acids is 2. The number of hydrogen-bond acceptors (Lipinski definition) is 4. The third kappa shape index (κ3) is 5.14. The van der Waals surface area contributed by atoms with E-state index in [1.807, 2.05) is 0 Å². The normalized spacial score (nSPS) is 16.9. The smallest absolute Gasteiger partial charge is 0.332 e. The highest BCUT2D eigenvalue weighted by molar-refractivity contribution is 5.90. The van der Waals surface area contributed by atoms with Gasteiger partial charge in [-0.1, -0.05) is 6.42 Å². The highest BCUT2D eigenvalue weighted by atomic mass is 16.5. The molecule has 6 heteroatoms. The molecule has 1 aliphatic heterocycles. The van der Waals surface area contributed by atoms with Gasteiger partial charge >= 0.3 is 11.9 Å². The zero-order valence-electron chi connectivity index (χ0n) is 9.42. The number of rotatable bonds is 4. The molecule has 17 heavy (non-hydrogen) atoms. The minimum Gasteiger partial charge on any atom is -0.478 e. The number of hydrogen-bond donors (Lipinski definition) is 1. The molecule has 1 N–H and O–H groups in total. The Balaban J connectivity index is 2.35. The summed E-state index contributed by atoms with van der Waals surface area (Å²) in [6.45, 7) is 0.469. The molecule has 0 aromatic carbocycles. The van der Waals surface area contributed by atoms with E-state index in [1.165, 1.54) is 4.90 Å². The van der Waals surface area contributed by atoms with E-state index >= 15 is 0 Å². The third-order valence-electron chi connectivity index (χ3n) is 2.40. The van der Waals surface area contributed by atoms with Gasteiger partial charge < -0.3 is 14.7 Å². The van der Waals surface area contributed by atoms with Crippen LogP contribution in [0.1, 0.15) is 25.7 Å². The molecular weight excluding hydrogens is 226 g/mol. The average Bonchev–Trinajstić information content (AvgIpc) is 2.48. The number of nitrogens with zero attached hydrogens (tertiary/aromatic N) is 1. The molecular formula is C11H15NO5. The molecule has 0 unspecified atom stereocenters. The van der Waals surface area contributed by atoms with Gasteiger partial charge in [-0.05, 0) is 12.8 Å². The van der Waals surface area contributed by atoms with Crippen LogP contribution in [0, 0.1) is 0 Å². The van der Waals surface area contributed by atoms with Crippen LogP contribution in [0.4, 0.5) is 0 Å². The van der Waals surface area contributed by atoms with E-state index in [9.17, 15) is 14.4 Å². The van der Waals surface area contributed by atoms with Crippen LogP contribution >= 0.6 is 0 Å². The van der Waals surface area contributed by atoms with Crippen LogP contribution in [0.15, 0.2) is 12.2 Å². The van der Waals surface area contributed by atoms with E-state index in [-0.39, 0.29) is 12.6 Å². The zero-order valence-corrected chi connectivity index (χ0v) is 9.42. The third-order valence-corrected chi connectivity index (χ3v) is 2.40. The Morgan fingerprint density at radius 3 is 2.76 bits per heavy atom. The first-order valence-corrected chi connectivity index (χ1v) is 5.45. The molecule has 0 aromatic rings. The van der Waals surface area contributed by atoms with Crippen LogP contribution in [-0.4, -0.2) is 41.1 Å². The Morgan fingerprint density at radius 1 is 1.29 bits per heavy atom. The first kappa shape index (κ1) is 13.2. The second-order valence-electron chi connectivity index (χ2n) is 3.73. The number of amides is 1. The van der Waals surface area contributed by atoms with Crippen molar-refractivity contribution in [2.24, 2.45) is 0 Å². The maximum absolute atomic E-state index is 11.5. The number of likely N-dealkylation sites (tertiary alicyclic amines) is 1. The van der Waals surface area contributed by atoms with E-state index in [2.05, 4.69) is 0 Å². The molecule has 1 amide bonds. The molecule has 1 aliphatic rings. The lowest BCUT2D eigenvalue weighted by molar-refractivity contribution is -0.148. The summed E-state index contributed by atoms with van der Waals surface area (Å²) < 4.78 is 4.77. The Labute approximate surface area is 98.8 Å². The van der Waals surface area contributed by atoms with E-state index in [0.29, 0.717) is 19.0 Å². The summed E-state index contributed by atoms with van der Waals surface area (Å²) in [5, 5.41) is 8.30. The van der Waals surface area contributed by atoms with Gasteiger partial charge in [-0.3, -0.25) is 4.79 Å². The van der Waals surface area contributed by atoms with Crippen molar-refractivity contribution >= 4 is 17.8 Å². The van der Waals surface area contributed by atoms with Crippen LogP contribution in [0.5, 0.6) is 0 Å². The summed E-state index contributed by atoms with van der Waals surface area (Å²) in [5.41, 5.74) is 0. The fourth-order valence-electron chi connectivity index (χ4n) is 1.50. The molecule has 94 valence electrons. The van der Waals surface area contributed by atoms with Crippen LogP contribution < -0.4 is 0 Å². The molecule has 0 saturated carbocycles. The van der Waals surface area contributed by atoms with Crippen molar-refractivity contribution in [3.63, 3.8) is 0 Å². The van der Waals surface area contributed by atoms with Crippen LogP contribution in [0.25, 0.3) is 0 Å². The van der Waals surface area contributed by atoms with E-state index in [0.717, 1.165) is 25.3 Å². The summed E-state index contributed by atoms with van der Waals surface area (Å²) in [4.78, 5) is 34.2. The molecule has 1 saturated heterocycles. The lowest BCUT2D eigenvalue weighted by atomic mass is 10.2. The number of carbonyl (C=O) groups is 3. The van der Waals surface area contributed by atoms with Crippen molar-refractivity contribution in [3.8, 4) is 0 Å². The Bertz CT molecular complexity index is 337. The summed E-state index contributed by atoms with van der Waals surface area (Å²) in [6, 6.07) is 0. The van der Waals surface area contributed by atoms with Gasteiger partial charge in [0.15, 0.2) is 6.73 Å². The van der Waals surface area contributed by atoms with E-state index in [4.69, 9.17) is 9.84 Å². The van der Waals surface area contributed by atoms with Crippen LogP contribution in [0.2, 0.25) is 0 Å². The van der Waals surface area contributed by atoms with Crippen molar-refractivity contribution in [2.75, 3.05) is 13.3 Å². The molecule has 6 nitrogen and oxygen atoms in total. The number of esters is 1. The predicted octanol–water partition coefficient (Wildman–Crippen LogP) is 0.530. The van der Waals surface area contributed by atoms with Gasteiger partial charge in [0.1, 0.15) is 0 Å². The maximum Gasteiger partial charge on any atom is 0.332 e. The van der Waals surface area contributed by atoms with Gasteiger partial charge in [0.2, 0.25) is 5.91 Å². The van der Waals surface area contributed by atoms with Gasteiger partial charge in [-0.25, -0.2) is 9.59 Å². The fourth-order valence-corrected chi connectivity index (χ4v) is 1.50. The van der Waals surface area contributed by atoms with Crippen LogP contribution in [0.3, 0.4) is 0 Å². The summed E-state index contributed by atoms with van der Waals surface area (Å²) >= 11 is 0. The van der Waals surface area contributed by atoms with Crippen molar-refractivity contribution in [1.29, 1.82) is 0 Å². The molecule has 0 atom stereocenters. The lowest BCUT2D eigenvalue weighted by Gasteiger charge is -2.19. The molecule has 0 bridgehead atoms. The predicted molar refractivity (Wildman–Crippen MR) is 57.9 cm³/mol. The second kappa shape index (κ2) is 6.67. The zero-order chi connectivity index (χ0) is 12.7. The standard InChI is InChI=1S/C11H15NO5/c13-9-4-2-1-3-7-12(9)8-17-11(16)6-5-10(14)15/h5-6H,1-4,7-8H2,(H,14,15). The summed E-state index contributed by atoms with van der Waals surface area (Å²) in [5.74, 6) is -2.00. The van der Waals surface area contributed by atoms with Gasteiger partial charge in [-0.2, -0.15) is 0 Å². The first-order valence-electron chi connectivity index (χ1n) is 5.45. The SMILES string of the molecule is O=C(O)C=CC(=O)OCN1CCCCCC1=O. The van der Waals surface area contributed by atoms with Gasteiger partial charge in [0.05, 0.1) is 0 Å². The molecule has 0 spiro atoms. The van der Waals surface area contributed by atoms with Crippen LogP contribution in [-0.2, 0) is 19.1 Å². The number of aliphatic carboxylic acids is 1. The Kier molecular flexibility index (Phi) is 5.19. The van der Waals surface area contributed by atoms with Crippen molar-refractivity contribution < 1.29 is 24.2 Å². The summed E-state index contributed by atoms with van der Waals surface area (Å²) in [6.07, 6.45) is 4.76. The maximum atomic E-state index is 11.5. The molecule has 1 rings (SSSR count). The van der Waals surface area contributed by atoms with Crippen molar-refractivity contribution in [2.45, 2.75) is 25.7 Å². The van der Waals surface area contributed by atoms with Crippen molar-refractivity contribution in [1.82, 2.24) is 4.90 Å². The molecule has 0 aliphatic carbocycles. The second-order valence-corrected chi connectivity index (χ2v) is 3.73. The average molecular weight is 241 g/mol. The van der Waals surface area contributed by atoms with Gasteiger partial charge in [0.25, 0.3) is 0 Å². The Hall–Kier alpha value is -1.85. The monoisotopic (exact) mass is 241 g/mol. The number of ether oxygens (including phenoxy) is 1. The highest BCUT2D eigenvalue weighted by Gasteiger charge is 2.17. The first-order chi connectivity index (χ1) is 8.09. The molecule has 0 radical (unpaired) electrons. The minimum atomic E-state index is -1.22. The van der Waals surface area contributed by atoms with Crippen molar-refractivity contribution in [3.05, 3.63) is 12.2 Å². The molecule has 1 fully saturated rings. The summed E-state index contributed by atoms with van der Waals surface area (Å²) in [7, 11) is 0. The number of carboxylic acid groups (broad SMARTS) is 1. The molecule has 1 heterocycles.